The summed E-state index contributed by atoms with van der Waals surface area (Å²) in [6, 6.07) is 13.4. The standard InChI is InChI=1S/2C10H7BrO3/c2*11-8-3-1-7(2-4-8)9(12)5-6-10(13)14/h2*1-6H,(H,13,14)/b2*6-5+. The van der Waals surface area contributed by atoms with Crippen LogP contribution < -0.4 is 0 Å². The van der Waals surface area contributed by atoms with E-state index in [-0.39, 0.29) is 11.6 Å². The second-order valence-electron chi connectivity index (χ2n) is 5.09. The van der Waals surface area contributed by atoms with Crippen molar-refractivity contribution in [1.29, 1.82) is 0 Å². The quantitative estimate of drug-likeness (QED) is 0.437. The van der Waals surface area contributed by atoms with Crippen LogP contribution in [0.5, 0.6) is 0 Å². The molecule has 2 N–H and O–H groups in total. The van der Waals surface area contributed by atoms with Crippen molar-refractivity contribution in [2.45, 2.75) is 0 Å². The van der Waals surface area contributed by atoms with Crippen molar-refractivity contribution >= 4 is 55.4 Å². The Morgan fingerprint density at radius 3 is 1.11 bits per heavy atom. The first kappa shape index (κ1) is 23.2. The third-order valence-electron chi connectivity index (χ3n) is 3.01. The minimum Gasteiger partial charge on any atom is -0.478 e. The molecular weight excluding hydrogens is 496 g/mol. The molecule has 0 fully saturated rings. The van der Waals surface area contributed by atoms with Crippen molar-refractivity contribution in [2.24, 2.45) is 0 Å². The summed E-state index contributed by atoms with van der Waals surface area (Å²) in [5.41, 5.74) is 0.927. The molecule has 0 bridgehead atoms. The topological polar surface area (TPSA) is 109 Å². The number of ketones is 2. The molecule has 0 aliphatic carbocycles. The summed E-state index contributed by atoms with van der Waals surface area (Å²) >= 11 is 6.47. The highest BCUT2D eigenvalue weighted by molar-refractivity contribution is 9.10. The summed E-state index contributed by atoms with van der Waals surface area (Å²) in [5, 5.41) is 16.6. The van der Waals surface area contributed by atoms with Gasteiger partial charge in [-0.05, 0) is 60.7 Å². The van der Waals surface area contributed by atoms with Crippen LogP contribution >= 0.6 is 31.9 Å². The molecule has 6 nitrogen and oxygen atoms in total. The first-order valence-corrected chi connectivity index (χ1v) is 9.19. The van der Waals surface area contributed by atoms with Crippen LogP contribution in [0.2, 0.25) is 0 Å². The highest BCUT2D eigenvalue weighted by atomic mass is 79.9. The number of hydrogen-bond donors (Lipinski definition) is 2. The minimum atomic E-state index is -1.13. The molecule has 0 aliphatic heterocycles. The van der Waals surface area contributed by atoms with E-state index < -0.39 is 11.9 Å². The predicted molar refractivity (Wildman–Crippen MR) is 110 cm³/mol. The largest absolute Gasteiger partial charge is 0.478 e. The highest BCUT2D eigenvalue weighted by Gasteiger charge is 2.02. The molecule has 0 aliphatic rings. The van der Waals surface area contributed by atoms with Gasteiger partial charge in [0.25, 0.3) is 0 Å². The number of carbonyl (C=O) groups is 4. The third kappa shape index (κ3) is 9.20. The van der Waals surface area contributed by atoms with Gasteiger partial charge >= 0.3 is 11.9 Å². The summed E-state index contributed by atoms with van der Waals surface area (Å²) in [5.74, 6) is -2.90. The Morgan fingerprint density at radius 1 is 0.571 bits per heavy atom. The normalized spacial score (nSPS) is 10.4. The van der Waals surface area contributed by atoms with Gasteiger partial charge in [-0.15, -0.1) is 0 Å². The monoisotopic (exact) mass is 508 g/mol. The van der Waals surface area contributed by atoms with Crippen molar-refractivity contribution in [1.82, 2.24) is 0 Å². The number of carboxylic acid groups (broad SMARTS) is 2. The van der Waals surface area contributed by atoms with Gasteiger partial charge in [0.05, 0.1) is 0 Å². The van der Waals surface area contributed by atoms with Gasteiger partial charge < -0.3 is 10.2 Å². The maximum absolute atomic E-state index is 11.3. The van der Waals surface area contributed by atoms with Crippen molar-refractivity contribution in [3.05, 3.63) is 92.9 Å². The van der Waals surface area contributed by atoms with E-state index in [1.807, 2.05) is 0 Å². The number of halogens is 2. The highest BCUT2D eigenvalue weighted by Crippen LogP contribution is 2.12. The van der Waals surface area contributed by atoms with E-state index in [2.05, 4.69) is 31.9 Å². The lowest BCUT2D eigenvalue weighted by molar-refractivity contribution is -0.132. The molecule has 0 radical (unpaired) electrons. The maximum atomic E-state index is 11.3. The Hall–Kier alpha value is -2.84. The molecule has 0 amide bonds. The summed E-state index contributed by atoms with van der Waals surface area (Å²) in [6.07, 6.45) is 3.71. The zero-order valence-electron chi connectivity index (χ0n) is 14.2. The fourth-order valence-corrected chi connectivity index (χ4v) is 2.24. The number of carbonyl (C=O) groups excluding carboxylic acids is 2. The number of hydrogen-bond acceptors (Lipinski definition) is 4. The molecule has 0 unspecified atom stereocenters. The molecule has 0 saturated carbocycles. The zero-order chi connectivity index (χ0) is 21.1. The second kappa shape index (κ2) is 11.8. The predicted octanol–water partition coefficient (Wildman–Crippen LogP) is 4.55. The van der Waals surface area contributed by atoms with E-state index in [0.717, 1.165) is 33.2 Å². The van der Waals surface area contributed by atoms with Gasteiger partial charge in [0, 0.05) is 32.2 Å². The fraction of sp³-hybridized carbons (Fsp3) is 0. The van der Waals surface area contributed by atoms with Crippen LogP contribution in [0.4, 0.5) is 0 Å². The Kier molecular flexibility index (Phi) is 9.76. The molecule has 8 heteroatoms. The minimum absolute atomic E-state index is 0.320. The molecule has 2 rings (SSSR count). The molecule has 0 saturated heterocycles. The number of aliphatic carboxylic acids is 2. The van der Waals surface area contributed by atoms with Crippen LogP contribution in [0.3, 0.4) is 0 Å². The van der Waals surface area contributed by atoms with Crippen LogP contribution in [0.15, 0.2) is 81.8 Å². The molecule has 144 valence electrons. The van der Waals surface area contributed by atoms with Crippen molar-refractivity contribution in [3.8, 4) is 0 Å². The van der Waals surface area contributed by atoms with E-state index in [1.54, 1.807) is 48.5 Å². The Balaban J connectivity index is 0.000000280. The molecule has 0 heterocycles. The average molecular weight is 510 g/mol. The second-order valence-corrected chi connectivity index (χ2v) is 6.92. The summed E-state index contributed by atoms with van der Waals surface area (Å²) in [4.78, 5) is 42.9. The van der Waals surface area contributed by atoms with Crippen LogP contribution in [-0.2, 0) is 9.59 Å². The lowest BCUT2D eigenvalue weighted by atomic mass is 10.1. The molecular formula is C20H14Br2O6. The van der Waals surface area contributed by atoms with Crippen LogP contribution in [-0.4, -0.2) is 33.7 Å². The van der Waals surface area contributed by atoms with Crippen molar-refractivity contribution in [2.75, 3.05) is 0 Å². The third-order valence-corrected chi connectivity index (χ3v) is 4.07. The van der Waals surface area contributed by atoms with Gasteiger partial charge in [-0.25, -0.2) is 9.59 Å². The lowest BCUT2D eigenvalue weighted by Gasteiger charge is -1.94. The molecule has 0 spiro atoms. The number of benzene rings is 2. The molecule has 0 atom stereocenters. The average Bonchev–Trinajstić information content (AvgIpc) is 2.65. The fourth-order valence-electron chi connectivity index (χ4n) is 1.71. The number of allylic oxidation sites excluding steroid dienone is 2. The van der Waals surface area contributed by atoms with Crippen LogP contribution in [0, 0.1) is 0 Å². The smallest absolute Gasteiger partial charge is 0.328 e. The number of carboxylic acids is 2. The maximum Gasteiger partial charge on any atom is 0.328 e. The van der Waals surface area contributed by atoms with Gasteiger partial charge in [0.2, 0.25) is 0 Å². The molecule has 28 heavy (non-hydrogen) atoms. The Labute approximate surface area is 177 Å². The first-order chi connectivity index (χ1) is 13.2. The number of rotatable bonds is 6. The van der Waals surface area contributed by atoms with E-state index >= 15 is 0 Å². The molecule has 0 aromatic heterocycles. The first-order valence-electron chi connectivity index (χ1n) is 7.61. The van der Waals surface area contributed by atoms with Gasteiger partial charge in [-0.3, -0.25) is 9.59 Å². The zero-order valence-corrected chi connectivity index (χ0v) is 17.4. The van der Waals surface area contributed by atoms with Gasteiger partial charge in [0.15, 0.2) is 11.6 Å². The SMILES string of the molecule is O=C(O)/C=C/C(=O)c1ccc(Br)cc1.O=C(O)/C=C/C(=O)c1ccc(Br)cc1. The Bertz CT molecular complexity index is 835. The van der Waals surface area contributed by atoms with Crippen molar-refractivity contribution < 1.29 is 29.4 Å². The van der Waals surface area contributed by atoms with Gasteiger partial charge in [0.1, 0.15) is 0 Å². The van der Waals surface area contributed by atoms with Crippen LogP contribution in [0.25, 0.3) is 0 Å². The van der Waals surface area contributed by atoms with E-state index in [4.69, 9.17) is 10.2 Å². The molecule has 2 aromatic carbocycles. The van der Waals surface area contributed by atoms with Crippen molar-refractivity contribution in [3.63, 3.8) is 0 Å². The van der Waals surface area contributed by atoms with Crippen LogP contribution in [0.1, 0.15) is 20.7 Å². The summed E-state index contributed by atoms with van der Waals surface area (Å²) in [7, 11) is 0. The van der Waals surface area contributed by atoms with E-state index in [9.17, 15) is 19.2 Å². The van der Waals surface area contributed by atoms with E-state index in [1.165, 1.54) is 0 Å². The summed E-state index contributed by atoms with van der Waals surface area (Å²) < 4.78 is 1.74. The van der Waals surface area contributed by atoms with Gasteiger partial charge in [-0.1, -0.05) is 31.9 Å². The lowest BCUT2D eigenvalue weighted by Crippen LogP contribution is -1.96. The van der Waals surface area contributed by atoms with E-state index in [0.29, 0.717) is 11.1 Å². The molecule has 2 aromatic rings. The van der Waals surface area contributed by atoms with Gasteiger partial charge in [-0.2, -0.15) is 0 Å². The summed E-state index contributed by atoms with van der Waals surface area (Å²) in [6.45, 7) is 0. The Morgan fingerprint density at radius 2 is 0.857 bits per heavy atom.